The van der Waals surface area contributed by atoms with Crippen molar-refractivity contribution in [3.63, 3.8) is 0 Å². The summed E-state index contributed by atoms with van der Waals surface area (Å²) in [5, 5.41) is 12.8. The monoisotopic (exact) mass is 1050 g/mol. The Hall–Kier alpha value is -7.34. The van der Waals surface area contributed by atoms with Crippen LogP contribution in [0.25, 0.3) is 101 Å². The molecule has 0 aliphatic carbocycles. The summed E-state index contributed by atoms with van der Waals surface area (Å²) in [6.07, 6.45) is 5.32. The summed E-state index contributed by atoms with van der Waals surface area (Å²) in [6, 6.07) is 58.7. The molecule has 11 rings (SSSR count). The van der Waals surface area contributed by atoms with Gasteiger partial charge < -0.3 is 9.52 Å². The molecule has 7 nitrogen and oxygen atoms in total. The average molecular weight is 1050 g/mol. The third kappa shape index (κ3) is 7.77. The second-order valence-electron chi connectivity index (χ2n) is 19.1. The maximum Gasteiger partial charge on any atom is 0.224 e. The molecule has 0 saturated heterocycles. The second-order valence-corrected chi connectivity index (χ2v) is 19.1. The summed E-state index contributed by atoms with van der Waals surface area (Å²) in [7, 11) is 0. The third-order valence-electron chi connectivity index (χ3n) is 12.6. The van der Waals surface area contributed by atoms with E-state index < -0.39 is 5.41 Å². The molecule has 4 aromatic heterocycles. The molecule has 0 radical (unpaired) electrons. The van der Waals surface area contributed by atoms with Crippen LogP contribution in [0.3, 0.4) is 0 Å². The zero-order valence-electron chi connectivity index (χ0n) is 38.2. The number of phenolic OH excluding ortho intramolecular Hbond substituents is 1. The van der Waals surface area contributed by atoms with Gasteiger partial charge in [-0.15, -0.1) is 29.3 Å². The SMILES string of the molecule is CC(C)(C)c1cc(-c2cc(-c3ccccc3)ccn2)[c-]c(-c2cccc3c2nc(-c2c(O)c(C(C)(C)C)cc4oc5cncn5c24)n3-c2ccc(-c3ccccc3)cc2-c2ccccc2)c1.[Pt]. The van der Waals surface area contributed by atoms with Gasteiger partial charge >= 0.3 is 0 Å². The Bertz CT molecular complexity index is 3610. The molecule has 4 heterocycles. The first-order valence-electron chi connectivity index (χ1n) is 22.4. The Morgan fingerprint density at radius 2 is 1.27 bits per heavy atom. The van der Waals surface area contributed by atoms with Crippen LogP contribution in [0.15, 0.2) is 181 Å². The fraction of sp³-hybridized carbons (Fsp3) is 0.136. The number of rotatable bonds is 7. The van der Waals surface area contributed by atoms with Gasteiger partial charge in [0.2, 0.25) is 5.71 Å². The van der Waals surface area contributed by atoms with Crippen molar-refractivity contribution in [2.75, 3.05) is 0 Å². The summed E-state index contributed by atoms with van der Waals surface area (Å²) < 4.78 is 10.6. The smallest absolute Gasteiger partial charge is 0.224 e. The van der Waals surface area contributed by atoms with Crippen LogP contribution in [0, 0.1) is 6.07 Å². The van der Waals surface area contributed by atoms with Crippen LogP contribution >= 0.6 is 0 Å². The molecule has 0 fully saturated rings. The Kier molecular flexibility index (Phi) is 10.9. The van der Waals surface area contributed by atoms with Crippen molar-refractivity contribution < 1.29 is 30.6 Å². The van der Waals surface area contributed by atoms with Crippen molar-refractivity contribution in [2.45, 2.75) is 52.4 Å². The van der Waals surface area contributed by atoms with E-state index in [-0.39, 0.29) is 32.2 Å². The Balaban J connectivity index is 0.00000525. The van der Waals surface area contributed by atoms with E-state index in [1.54, 1.807) is 12.5 Å². The van der Waals surface area contributed by atoms with Gasteiger partial charge in [-0.1, -0.05) is 168 Å². The topological polar surface area (TPSA) is 81.4 Å². The maximum absolute atomic E-state index is 12.8. The zero-order valence-corrected chi connectivity index (χ0v) is 40.4. The van der Waals surface area contributed by atoms with E-state index in [2.05, 4.69) is 191 Å². The van der Waals surface area contributed by atoms with E-state index in [0.29, 0.717) is 28.2 Å². The number of imidazole rings is 2. The second kappa shape index (κ2) is 16.8. The van der Waals surface area contributed by atoms with Crippen molar-refractivity contribution in [3.05, 3.63) is 194 Å². The molecule has 0 atom stereocenters. The van der Waals surface area contributed by atoms with Crippen LogP contribution in [0.5, 0.6) is 5.75 Å². The van der Waals surface area contributed by atoms with Gasteiger partial charge in [-0.25, -0.2) is 9.97 Å². The first-order valence-corrected chi connectivity index (χ1v) is 22.4. The molecule has 7 aromatic carbocycles. The Morgan fingerprint density at radius 3 is 1.94 bits per heavy atom. The van der Waals surface area contributed by atoms with Crippen molar-refractivity contribution in [1.82, 2.24) is 23.9 Å². The molecule has 67 heavy (non-hydrogen) atoms. The van der Waals surface area contributed by atoms with E-state index in [9.17, 15) is 5.11 Å². The fourth-order valence-electron chi connectivity index (χ4n) is 9.17. The van der Waals surface area contributed by atoms with Crippen LogP contribution in [0.4, 0.5) is 0 Å². The summed E-state index contributed by atoms with van der Waals surface area (Å²) in [5.41, 5.74) is 16.3. The van der Waals surface area contributed by atoms with Crippen LogP contribution in [0.1, 0.15) is 52.7 Å². The van der Waals surface area contributed by atoms with Gasteiger partial charge in [0.15, 0.2) is 11.4 Å². The first-order chi connectivity index (χ1) is 31.9. The van der Waals surface area contributed by atoms with Crippen LogP contribution in [0.2, 0.25) is 0 Å². The minimum Gasteiger partial charge on any atom is -0.507 e. The number of para-hydroxylation sites is 1. The predicted octanol–water partition coefficient (Wildman–Crippen LogP) is 14.9. The Morgan fingerprint density at radius 1 is 0.612 bits per heavy atom. The first kappa shape index (κ1) is 43.5. The van der Waals surface area contributed by atoms with Gasteiger partial charge in [0.1, 0.15) is 17.6 Å². The van der Waals surface area contributed by atoms with E-state index in [0.717, 1.165) is 83.6 Å². The number of aromatic hydroxyl groups is 1. The normalized spacial score (nSPS) is 12.0. The number of nitrogens with zero attached hydrogens (tertiary/aromatic N) is 5. The zero-order chi connectivity index (χ0) is 45.3. The van der Waals surface area contributed by atoms with Gasteiger partial charge in [-0.3, -0.25) is 14.0 Å². The van der Waals surface area contributed by atoms with Crippen molar-refractivity contribution in [2.24, 2.45) is 0 Å². The van der Waals surface area contributed by atoms with Gasteiger partial charge in [-0.2, -0.15) is 0 Å². The molecule has 8 heteroatoms. The molecule has 11 aromatic rings. The summed E-state index contributed by atoms with van der Waals surface area (Å²) in [5.74, 6) is 0.705. The van der Waals surface area contributed by atoms with Crippen molar-refractivity contribution >= 4 is 27.8 Å². The largest absolute Gasteiger partial charge is 0.507 e. The number of hydrogen-bond acceptors (Lipinski definition) is 5. The average Bonchev–Trinajstić information content (AvgIpc) is 4.05. The number of hydrogen-bond donors (Lipinski definition) is 1. The predicted molar refractivity (Wildman–Crippen MR) is 268 cm³/mol. The quantitative estimate of drug-likeness (QED) is 0.161. The minimum atomic E-state index is -0.439. The van der Waals surface area contributed by atoms with Gasteiger partial charge in [-0.05, 0) is 69.0 Å². The van der Waals surface area contributed by atoms with Crippen LogP contribution < -0.4 is 0 Å². The van der Waals surface area contributed by atoms with E-state index in [1.807, 2.05) is 34.9 Å². The number of aromatic nitrogens is 5. The summed E-state index contributed by atoms with van der Waals surface area (Å²) in [4.78, 5) is 15.1. The molecule has 0 amide bonds. The molecule has 0 spiro atoms. The number of benzene rings is 7. The van der Waals surface area contributed by atoms with Crippen molar-refractivity contribution in [3.8, 4) is 78.6 Å². The molecule has 0 aliphatic heterocycles. The number of oxazole rings is 1. The van der Waals surface area contributed by atoms with Gasteiger partial charge in [0.25, 0.3) is 0 Å². The molecular weight excluding hydrogens is 1010 g/mol. The van der Waals surface area contributed by atoms with Gasteiger partial charge in [0, 0.05) is 44.1 Å². The molecule has 0 bridgehead atoms. The van der Waals surface area contributed by atoms with E-state index >= 15 is 0 Å². The molecule has 0 aliphatic rings. The standard InChI is InChI=1S/C59H48N5O2.Pt/c1-58(2,3)44-30-42(29-43(31-44)48-33-41(27-28-61-48)38-19-12-8-13-20-38)45-23-16-24-50-54(45)62-57(53-55-51(66-52-35-60-36-63(52)55)34-47(56(53)65)59(4,5)6)64(50)49-26-25-40(37-17-10-7-11-18-37)32-46(49)39-21-14-9-15-22-39;/h7-28,30-36,65H,1-6H3;/q-1;. The summed E-state index contributed by atoms with van der Waals surface area (Å²) in [6.45, 7) is 13.0. The minimum absolute atomic E-state index is 0. The molecule has 1 N–H and O–H groups in total. The third-order valence-corrected chi connectivity index (χ3v) is 12.6. The van der Waals surface area contributed by atoms with E-state index in [1.165, 1.54) is 0 Å². The van der Waals surface area contributed by atoms with Crippen LogP contribution in [-0.2, 0) is 31.9 Å². The van der Waals surface area contributed by atoms with Gasteiger partial charge in [0.05, 0.1) is 28.5 Å². The molecule has 332 valence electrons. The summed E-state index contributed by atoms with van der Waals surface area (Å²) >= 11 is 0. The molecular formula is C59H48N5O2Pt-. The molecule has 0 saturated carbocycles. The van der Waals surface area contributed by atoms with Crippen molar-refractivity contribution in [1.29, 1.82) is 0 Å². The Labute approximate surface area is 404 Å². The number of fused-ring (bicyclic) bond motifs is 4. The number of phenols is 1. The maximum atomic E-state index is 12.8. The van der Waals surface area contributed by atoms with Crippen LogP contribution in [-0.4, -0.2) is 29.0 Å². The van der Waals surface area contributed by atoms with E-state index in [4.69, 9.17) is 14.4 Å². The molecule has 0 unspecified atom stereocenters. The number of pyridine rings is 1. The fourth-order valence-corrected chi connectivity index (χ4v) is 9.17.